The molecule has 0 aliphatic carbocycles. The number of rotatable bonds is 6. The molecule has 0 spiro atoms. The van der Waals surface area contributed by atoms with Gasteiger partial charge in [-0.1, -0.05) is 6.07 Å². The molecule has 1 aliphatic rings. The second kappa shape index (κ2) is 10.7. The lowest BCUT2D eigenvalue weighted by Gasteiger charge is -2.25. The van der Waals surface area contributed by atoms with E-state index in [2.05, 4.69) is 15.0 Å². The first-order valence-corrected chi connectivity index (χ1v) is 7.73. The van der Waals surface area contributed by atoms with Gasteiger partial charge in [-0.15, -0.1) is 24.0 Å². The average Bonchev–Trinajstić information content (AvgIpc) is 3.02. The van der Waals surface area contributed by atoms with Gasteiger partial charge >= 0.3 is 6.61 Å². The first kappa shape index (κ1) is 21.8. The molecule has 2 rings (SSSR count). The van der Waals surface area contributed by atoms with Crippen molar-refractivity contribution in [1.29, 1.82) is 0 Å². The summed E-state index contributed by atoms with van der Waals surface area (Å²) in [6.07, 6.45) is 0.987. The van der Waals surface area contributed by atoms with E-state index in [4.69, 9.17) is 4.74 Å². The van der Waals surface area contributed by atoms with E-state index in [1.54, 1.807) is 7.05 Å². The van der Waals surface area contributed by atoms with Crippen molar-refractivity contribution in [3.8, 4) is 5.75 Å². The van der Waals surface area contributed by atoms with Crippen molar-refractivity contribution >= 4 is 29.9 Å². The third-order valence-electron chi connectivity index (χ3n) is 3.84. The summed E-state index contributed by atoms with van der Waals surface area (Å²) in [6.45, 7) is -0.797. The second-order valence-electron chi connectivity index (χ2n) is 5.61. The van der Waals surface area contributed by atoms with Crippen LogP contribution in [-0.2, 0) is 11.3 Å². The van der Waals surface area contributed by atoms with Gasteiger partial charge in [0.15, 0.2) is 5.96 Å². The largest absolute Gasteiger partial charge is 0.434 e. The van der Waals surface area contributed by atoms with Crippen LogP contribution in [0, 0.1) is 11.7 Å². The van der Waals surface area contributed by atoms with Gasteiger partial charge < -0.3 is 19.7 Å². The lowest BCUT2D eigenvalue weighted by molar-refractivity contribution is -0.0506. The van der Waals surface area contributed by atoms with Gasteiger partial charge in [0.1, 0.15) is 11.6 Å². The summed E-state index contributed by atoms with van der Waals surface area (Å²) in [5.41, 5.74) is 0.0385. The molecule has 1 N–H and O–H groups in total. The number of ether oxygens (including phenoxy) is 2. The molecule has 1 heterocycles. The zero-order chi connectivity index (χ0) is 17.5. The average molecular weight is 473 g/mol. The maximum Gasteiger partial charge on any atom is 0.387 e. The Kier molecular flexibility index (Phi) is 9.33. The molecule has 5 nitrogen and oxygen atoms in total. The summed E-state index contributed by atoms with van der Waals surface area (Å²) in [5.74, 6) is 0.177. The van der Waals surface area contributed by atoms with Crippen molar-refractivity contribution in [3.63, 3.8) is 0 Å². The Balaban J connectivity index is 0.00000312. The predicted molar refractivity (Wildman–Crippen MR) is 100 cm³/mol. The molecule has 1 fully saturated rings. The number of halogens is 4. The van der Waals surface area contributed by atoms with E-state index in [1.165, 1.54) is 18.2 Å². The molecule has 0 radical (unpaired) electrons. The molecular weight excluding hydrogens is 450 g/mol. The van der Waals surface area contributed by atoms with Crippen molar-refractivity contribution in [2.75, 3.05) is 33.9 Å². The smallest absolute Gasteiger partial charge is 0.387 e. The van der Waals surface area contributed by atoms with Crippen molar-refractivity contribution in [2.45, 2.75) is 19.6 Å². The highest BCUT2D eigenvalue weighted by Gasteiger charge is 2.20. The molecule has 25 heavy (non-hydrogen) atoms. The van der Waals surface area contributed by atoms with Gasteiger partial charge in [-0.2, -0.15) is 8.78 Å². The Morgan fingerprint density at radius 1 is 1.48 bits per heavy atom. The highest BCUT2D eigenvalue weighted by molar-refractivity contribution is 14.0. The van der Waals surface area contributed by atoms with Gasteiger partial charge in [-0.25, -0.2) is 4.39 Å². The quantitative estimate of drug-likeness (QED) is 0.392. The fraction of sp³-hybridized carbons (Fsp3) is 0.562. The number of hydrogen-bond donors (Lipinski definition) is 1. The van der Waals surface area contributed by atoms with Crippen molar-refractivity contribution in [2.24, 2.45) is 10.9 Å². The van der Waals surface area contributed by atoms with Gasteiger partial charge in [-0.3, -0.25) is 4.99 Å². The standard InChI is InChI=1S/C16H22F3N3O2.HI/c1-20-16(22(2)9-11-6-7-23-10-11)21-8-12-13(17)4-3-5-14(12)24-15(18)19;/h3-5,11,15H,6-10H2,1-2H3,(H,20,21);1H. The molecule has 1 unspecified atom stereocenters. The summed E-state index contributed by atoms with van der Waals surface area (Å²) < 4.78 is 48.6. The topological polar surface area (TPSA) is 46.1 Å². The summed E-state index contributed by atoms with van der Waals surface area (Å²) in [7, 11) is 3.48. The Labute approximate surface area is 162 Å². The monoisotopic (exact) mass is 473 g/mol. The summed E-state index contributed by atoms with van der Waals surface area (Å²) in [5, 5.41) is 2.98. The molecule has 9 heteroatoms. The minimum absolute atomic E-state index is 0. The normalized spacial score (nSPS) is 17.4. The molecule has 1 aromatic rings. The highest BCUT2D eigenvalue weighted by Crippen LogP contribution is 2.23. The van der Waals surface area contributed by atoms with E-state index >= 15 is 0 Å². The Morgan fingerprint density at radius 2 is 2.24 bits per heavy atom. The Hall–Kier alpha value is -1.23. The van der Waals surface area contributed by atoms with Crippen LogP contribution >= 0.6 is 24.0 Å². The van der Waals surface area contributed by atoms with Gasteiger partial charge in [0.2, 0.25) is 0 Å². The molecule has 1 saturated heterocycles. The molecule has 1 atom stereocenters. The third-order valence-corrected chi connectivity index (χ3v) is 3.84. The van der Waals surface area contributed by atoms with Crippen LogP contribution in [0.5, 0.6) is 5.75 Å². The van der Waals surface area contributed by atoms with E-state index in [1.807, 2.05) is 11.9 Å². The number of guanidine groups is 1. The van der Waals surface area contributed by atoms with Gasteiger partial charge in [0, 0.05) is 45.3 Å². The number of benzene rings is 1. The van der Waals surface area contributed by atoms with Gasteiger partial charge in [0.25, 0.3) is 0 Å². The van der Waals surface area contributed by atoms with E-state index in [0.717, 1.165) is 19.6 Å². The fourth-order valence-electron chi connectivity index (χ4n) is 2.67. The van der Waals surface area contributed by atoms with Crippen molar-refractivity contribution in [3.05, 3.63) is 29.6 Å². The van der Waals surface area contributed by atoms with Crippen LogP contribution in [0.3, 0.4) is 0 Å². The van der Waals surface area contributed by atoms with Gasteiger partial charge in [-0.05, 0) is 18.6 Å². The zero-order valence-electron chi connectivity index (χ0n) is 14.2. The molecule has 142 valence electrons. The maximum absolute atomic E-state index is 13.9. The maximum atomic E-state index is 13.9. The number of alkyl halides is 2. The van der Waals surface area contributed by atoms with Crippen molar-refractivity contribution in [1.82, 2.24) is 10.2 Å². The molecule has 0 bridgehead atoms. The minimum atomic E-state index is -3.00. The van der Waals surface area contributed by atoms with Crippen LogP contribution in [0.4, 0.5) is 13.2 Å². The summed E-state index contributed by atoms with van der Waals surface area (Å²) in [6, 6.07) is 3.85. The lowest BCUT2D eigenvalue weighted by Crippen LogP contribution is -2.41. The zero-order valence-corrected chi connectivity index (χ0v) is 16.5. The predicted octanol–water partition coefficient (Wildman–Crippen LogP) is 3.09. The van der Waals surface area contributed by atoms with Crippen LogP contribution in [-0.4, -0.2) is 51.3 Å². The van der Waals surface area contributed by atoms with Crippen LogP contribution in [0.25, 0.3) is 0 Å². The molecular formula is C16H23F3IN3O2. The number of nitrogens with one attached hydrogen (secondary N) is 1. The highest BCUT2D eigenvalue weighted by atomic mass is 127. The number of nitrogens with zero attached hydrogens (tertiary/aromatic N) is 2. The van der Waals surface area contributed by atoms with E-state index in [-0.39, 0.29) is 41.8 Å². The van der Waals surface area contributed by atoms with Crippen LogP contribution in [0.2, 0.25) is 0 Å². The van der Waals surface area contributed by atoms with E-state index < -0.39 is 12.4 Å². The summed E-state index contributed by atoms with van der Waals surface area (Å²) in [4.78, 5) is 6.06. The summed E-state index contributed by atoms with van der Waals surface area (Å²) >= 11 is 0. The van der Waals surface area contributed by atoms with Crippen LogP contribution in [0.1, 0.15) is 12.0 Å². The third kappa shape index (κ3) is 6.53. The molecule has 1 aliphatic heterocycles. The first-order chi connectivity index (χ1) is 11.5. The number of aliphatic imine (C=N–C) groups is 1. The molecule has 1 aromatic carbocycles. The van der Waals surface area contributed by atoms with Crippen LogP contribution < -0.4 is 10.1 Å². The van der Waals surface area contributed by atoms with Gasteiger partial charge in [0.05, 0.1) is 6.61 Å². The second-order valence-corrected chi connectivity index (χ2v) is 5.61. The minimum Gasteiger partial charge on any atom is -0.434 e. The van der Waals surface area contributed by atoms with E-state index in [0.29, 0.717) is 18.5 Å². The Bertz CT molecular complexity index is 570. The molecule has 0 amide bonds. The molecule has 0 saturated carbocycles. The van der Waals surface area contributed by atoms with Crippen molar-refractivity contribution < 1.29 is 22.6 Å². The number of hydrogen-bond acceptors (Lipinski definition) is 3. The Morgan fingerprint density at radius 3 is 2.84 bits per heavy atom. The van der Waals surface area contributed by atoms with Crippen LogP contribution in [0.15, 0.2) is 23.2 Å². The SMILES string of the molecule is CN=C(NCc1c(F)cccc1OC(F)F)N(C)CC1CCOC1.I. The fourth-order valence-corrected chi connectivity index (χ4v) is 2.67. The molecule has 0 aromatic heterocycles. The first-order valence-electron chi connectivity index (χ1n) is 7.73. The lowest BCUT2D eigenvalue weighted by atomic mass is 10.1. The van der Waals surface area contributed by atoms with E-state index in [9.17, 15) is 13.2 Å².